The Morgan fingerprint density at radius 2 is 2.24 bits per heavy atom. The van der Waals surface area contributed by atoms with Crippen LogP contribution in [-0.2, 0) is 11.3 Å². The van der Waals surface area contributed by atoms with Crippen LogP contribution in [0.1, 0.15) is 12.5 Å². The molecule has 0 aliphatic carbocycles. The van der Waals surface area contributed by atoms with Crippen LogP contribution in [0.5, 0.6) is 0 Å². The van der Waals surface area contributed by atoms with Crippen LogP contribution < -0.4 is 10.2 Å². The van der Waals surface area contributed by atoms with Gasteiger partial charge in [-0.3, -0.25) is 4.79 Å². The second kappa shape index (κ2) is 5.98. The molecule has 0 saturated heterocycles. The van der Waals surface area contributed by atoms with Gasteiger partial charge in [0.15, 0.2) is 6.04 Å². The van der Waals surface area contributed by atoms with Gasteiger partial charge in [-0.05, 0) is 19.1 Å². The molecule has 2 atom stereocenters. The summed E-state index contributed by atoms with van der Waals surface area (Å²) < 4.78 is 13.6. The third-order valence-corrected chi connectivity index (χ3v) is 3.25. The highest BCUT2D eigenvalue weighted by molar-refractivity contribution is 6.31. The summed E-state index contributed by atoms with van der Waals surface area (Å²) in [5, 5.41) is 2.97. The molecule has 0 aliphatic heterocycles. The first-order valence-corrected chi connectivity index (χ1v) is 5.82. The first-order chi connectivity index (χ1) is 7.97. The average Bonchev–Trinajstić information content (AvgIpc) is 2.31. The zero-order chi connectivity index (χ0) is 13.0. The molecule has 1 aromatic rings. The summed E-state index contributed by atoms with van der Waals surface area (Å²) in [5.74, 6) is -0.407. The molecule has 0 fully saturated rings. The van der Waals surface area contributed by atoms with Crippen LogP contribution in [0.2, 0.25) is 5.02 Å². The molecule has 0 radical (unpaired) electrons. The molecule has 5 heteroatoms. The summed E-state index contributed by atoms with van der Waals surface area (Å²) in [5.41, 5.74) is 0.447. The second-order valence-corrected chi connectivity index (χ2v) is 4.47. The number of nitrogens with one attached hydrogen (secondary N) is 2. The highest BCUT2D eigenvalue weighted by Crippen LogP contribution is 2.17. The Kier molecular flexibility index (Phi) is 4.90. The van der Waals surface area contributed by atoms with E-state index in [1.54, 1.807) is 26.1 Å². The number of carbonyl (C=O) groups excluding carboxylic acids is 1. The predicted molar refractivity (Wildman–Crippen MR) is 65.5 cm³/mol. The van der Waals surface area contributed by atoms with Gasteiger partial charge in [0.2, 0.25) is 0 Å². The van der Waals surface area contributed by atoms with Crippen LogP contribution in [0.4, 0.5) is 4.39 Å². The number of rotatable bonds is 4. The van der Waals surface area contributed by atoms with Crippen molar-refractivity contribution >= 4 is 17.5 Å². The van der Waals surface area contributed by atoms with Crippen molar-refractivity contribution < 1.29 is 14.1 Å². The number of carbonyl (C=O) groups is 1. The molecule has 1 amide bonds. The molecular formula is C12H17ClFN2O+. The molecule has 2 N–H and O–H groups in total. The molecule has 1 aromatic carbocycles. The van der Waals surface area contributed by atoms with Crippen molar-refractivity contribution in [3.05, 3.63) is 34.6 Å². The Hall–Kier alpha value is -1.13. The van der Waals surface area contributed by atoms with Crippen molar-refractivity contribution in [2.24, 2.45) is 0 Å². The van der Waals surface area contributed by atoms with E-state index >= 15 is 0 Å². The van der Waals surface area contributed by atoms with Gasteiger partial charge < -0.3 is 10.2 Å². The molecule has 0 heterocycles. The van der Waals surface area contributed by atoms with E-state index < -0.39 is 0 Å². The maximum absolute atomic E-state index is 13.6. The molecule has 94 valence electrons. The smallest absolute Gasteiger partial charge is 0.277 e. The summed E-state index contributed by atoms with van der Waals surface area (Å²) in [6, 6.07) is 4.34. The molecule has 0 spiro atoms. The van der Waals surface area contributed by atoms with Crippen molar-refractivity contribution in [2.45, 2.75) is 19.5 Å². The van der Waals surface area contributed by atoms with Gasteiger partial charge >= 0.3 is 0 Å². The number of likely N-dealkylation sites (N-methyl/N-ethyl adjacent to an activating group) is 2. The van der Waals surface area contributed by atoms with Crippen molar-refractivity contribution in [3.63, 3.8) is 0 Å². The quantitative estimate of drug-likeness (QED) is 0.817. The molecule has 0 bridgehead atoms. The first kappa shape index (κ1) is 13.9. The third kappa shape index (κ3) is 3.41. The van der Waals surface area contributed by atoms with Gasteiger partial charge in [-0.2, -0.15) is 0 Å². The normalized spacial score (nSPS) is 14.2. The van der Waals surface area contributed by atoms with E-state index in [4.69, 9.17) is 11.6 Å². The molecule has 1 rings (SSSR count). The van der Waals surface area contributed by atoms with Crippen molar-refractivity contribution in [1.82, 2.24) is 5.32 Å². The topological polar surface area (TPSA) is 33.5 Å². The van der Waals surface area contributed by atoms with E-state index in [0.29, 0.717) is 17.1 Å². The summed E-state index contributed by atoms with van der Waals surface area (Å²) in [6.07, 6.45) is 0. The van der Waals surface area contributed by atoms with Crippen LogP contribution in [-0.4, -0.2) is 26.0 Å². The third-order valence-electron chi connectivity index (χ3n) is 2.90. The van der Waals surface area contributed by atoms with Gasteiger partial charge in [-0.15, -0.1) is 0 Å². The standard InChI is InChI=1S/C12H16ClFN2O/c1-8(12(17)15-2)16(3)7-9-10(13)5-4-6-11(9)14/h4-6,8H,7H2,1-3H3,(H,15,17)/p+1/t8-/m1/s1. The minimum Gasteiger partial charge on any atom is -0.354 e. The number of quaternary nitrogens is 1. The predicted octanol–water partition coefficient (Wildman–Crippen LogP) is 0.628. The molecular weight excluding hydrogens is 243 g/mol. The van der Waals surface area contributed by atoms with Gasteiger partial charge in [-0.25, -0.2) is 4.39 Å². The van der Waals surface area contributed by atoms with E-state index in [1.807, 2.05) is 7.05 Å². The lowest BCUT2D eigenvalue weighted by molar-refractivity contribution is -0.908. The number of hydrogen-bond donors (Lipinski definition) is 2. The lowest BCUT2D eigenvalue weighted by Gasteiger charge is -2.21. The highest BCUT2D eigenvalue weighted by Gasteiger charge is 2.22. The Morgan fingerprint density at radius 1 is 1.59 bits per heavy atom. The zero-order valence-corrected chi connectivity index (χ0v) is 10.9. The van der Waals surface area contributed by atoms with Gasteiger partial charge in [0, 0.05) is 7.05 Å². The van der Waals surface area contributed by atoms with E-state index in [-0.39, 0.29) is 17.8 Å². The maximum Gasteiger partial charge on any atom is 0.277 e. The Bertz CT molecular complexity index is 391. The Labute approximate surface area is 106 Å². The van der Waals surface area contributed by atoms with E-state index in [9.17, 15) is 9.18 Å². The first-order valence-electron chi connectivity index (χ1n) is 5.44. The monoisotopic (exact) mass is 259 g/mol. The van der Waals surface area contributed by atoms with Gasteiger partial charge in [0.25, 0.3) is 5.91 Å². The largest absolute Gasteiger partial charge is 0.354 e. The average molecular weight is 260 g/mol. The van der Waals surface area contributed by atoms with Crippen LogP contribution in [0.25, 0.3) is 0 Å². The van der Waals surface area contributed by atoms with Crippen LogP contribution in [0.3, 0.4) is 0 Å². The molecule has 1 unspecified atom stereocenters. The van der Waals surface area contributed by atoms with Crippen LogP contribution >= 0.6 is 11.6 Å². The van der Waals surface area contributed by atoms with E-state index in [0.717, 1.165) is 4.90 Å². The maximum atomic E-state index is 13.6. The lowest BCUT2D eigenvalue weighted by Crippen LogP contribution is -3.12. The second-order valence-electron chi connectivity index (χ2n) is 4.06. The van der Waals surface area contributed by atoms with Crippen LogP contribution in [0, 0.1) is 5.82 Å². The van der Waals surface area contributed by atoms with Gasteiger partial charge in [0.1, 0.15) is 12.4 Å². The fraction of sp³-hybridized carbons (Fsp3) is 0.417. The van der Waals surface area contributed by atoms with Crippen molar-refractivity contribution in [3.8, 4) is 0 Å². The Balaban J connectivity index is 2.81. The van der Waals surface area contributed by atoms with Crippen molar-refractivity contribution in [1.29, 1.82) is 0 Å². The van der Waals surface area contributed by atoms with Gasteiger partial charge in [-0.1, -0.05) is 17.7 Å². The molecule has 3 nitrogen and oxygen atoms in total. The molecule has 0 aromatic heterocycles. The summed E-state index contributed by atoms with van der Waals surface area (Å²) in [4.78, 5) is 12.3. The molecule has 0 aliphatic rings. The summed E-state index contributed by atoms with van der Waals surface area (Å²) in [6.45, 7) is 2.17. The highest BCUT2D eigenvalue weighted by atomic mass is 35.5. The SMILES string of the molecule is CNC(=O)[C@@H](C)[NH+](C)Cc1c(F)cccc1Cl. The summed E-state index contributed by atoms with van der Waals surface area (Å²) in [7, 11) is 3.42. The minimum atomic E-state index is -0.332. The summed E-state index contributed by atoms with van der Waals surface area (Å²) >= 11 is 5.94. The zero-order valence-electron chi connectivity index (χ0n) is 10.2. The molecule has 0 saturated carbocycles. The number of hydrogen-bond acceptors (Lipinski definition) is 1. The fourth-order valence-corrected chi connectivity index (χ4v) is 1.80. The Morgan fingerprint density at radius 3 is 2.76 bits per heavy atom. The lowest BCUT2D eigenvalue weighted by atomic mass is 10.1. The number of amides is 1. The van der Waals surface area contributed by atoms with Crippen LogP contribution in [0.15, 0.2) is 18.2 Å². The molecule has 17 heavy (non-hydrogen) atoms. The number of halogens is 2. The van der Waals surface area contributed by atoms with E-state index in [2.05, 4.69) is 5.32 Å². The minimum absolute atomic E-state index is 0.0741. The van der Waals surface area contributed by atoms with Gasteiger partial charge in [0.05, 0.1) is 17.6 Å². The fourth-order valence-electron chi connectivity index (χ4n) is 1.57. The van der Waals surface area contributed by atoms with E-state index in [1.165, 1.54) is 6.07 Å². The van der Waals surface area contributed by atoms with Crippen molar-refractivity contribution in [2.75, 3.05) is 14.1 Å². The number of benzene rings is 1.